The summed E-state index contributed by atoms with van der Waals surface area (Å²) >= 11 is 1.25. The first-order valence-electron chi connectivity index (χ1n) is 7.44. The molecule has 1 amide bonds. The highest BCUT2D eigenvalue weighted by Gasteiger charge is 2.17. The third-order valence-corrected chi connectivity index (χ3v) is 4.44. The molecule has 1 aliphatic heterocycles. The highest BCUT2D eigenvalue weighted by molar-refractivity contribution is 7.14. The number of carbonyl (C=O) groups is 1. The highest BCUT2D eigenvalue weighted by Crippen LogP contribution is 2.26. The van der Waals surface area contributed by atoms with E-state index in [0.717, 1.165) is 31.6 Å². The first-order valence-corrected chi connectivity index (χ1v) is 8.32. The van der Waals surface area contributed by atoms with Gasteiger partial charge in [-0.05, 0) is 37.5 Å². The number of anilines is 1. The van der Waals surface area contributed by atoms with Gasteiger partial charge in [-0.3, -0.25) is 4.79 Å². The van der Waals surface area contributed by atoms with Crippen molar-refractivity contribution in [2.24, 2.45) is 0 Å². The molecule has 1 aliphatic rings. The molecule has 1 aromatic heterocycles. The molecule has 0 radical (unpaired) electrons. The number of aromatic nitrogens is 1. The molecular formula is C16H16F2N2O2S. The van der Waals surface area contributed by atoms with Crippen LogP contribution in [-0.2, 0) is 9.53 Å². The van der Waals surface area contributed by atoms with Crippen molar-refractivity contribution >= 4 is 22.4 Å². The van der Waals surface area contributed by atoms with Crippen molar-refractivity contribution in [3.8, 4) is 11.3 Å². The molecule has 1 aromatic carbocycles. The molecule has 7 heteroatoms. The van der Waals surface area contributed by atoms with Gasteiger partial charge < -0.3 is 10.1 Å². The lowest BCUT2D eigenvalue weighted by Gasteiger charge is -2.08. The fourth-order valence-corrected chi connectivity index (χ4v) is 3.20. The Hall–Kier alpha value is -1.86. The maximum absolute atomic E-state index is 13.2. The van der Waals surface area contributed by atoms with Gasteiger partial charge in [0.25, 0.3) is 0 Å². The standard InChI is InChI=1S/C16H16F2N2O2S/c17-12-5-3-10(8-13(12)18)14-9-23-16(19-14)20-15(21)6-4-11-2-1-7-22-11/h3,5,8-9,11H,1-2,4,6-7H2,(H,19,20,21). The van der Waals surface area contributed by atoms with Crippen LogP contribution < -0.4 is 5.32 Å². The Bertz CT molecular complexity index is 699. The topological polar surface area (TPSA) is 51.2 Å². The van der Waals surface area contributed by atoms with Crippen LogP contribution in [0.1, 0.15) is 25.7 Å². The molecule has 0 bridgehead atoms. The molecule has 1 unspecified atom stereocenters. The number of hydrogen-bond donors (Lipinski definition) is 1. The summed E-state index contributed by atoms with van der Waals surface area (Å²) in [4.78, 5) is 16.1. The van der Waals surface area contributed by atoms with Crippen molar-refractivity contribution in [1.82, 2.24) is 4.98 Å². The Morgan fingerprint density at radius 1 is 1.39 bits per heavy atom. The zero-order valence-electron chi connectivity index (χ0n) is 12.4. The van der Waals surface area contributed by atoms with Gasteiger partial charge in [0.2, 0.25) is 5.91 Å². The van der Waals surface area contributed by atoms with Gasteiger partial charge in [0.1, 0.15) is 0 Å². The summed E-state index contributed by atoms with van der Waals surface area (Å²) in [5.74, 6) is -1.93. The van der Waals surface area contributed by atoms with Crippen molar-refractivity contribution in [2.75, 3.05) is 11.9 Å². The van der Waals surface area contributed by atoms with Crippen LogP contribution in [0.4, 0.5) is 13.9 Å². The smallest absolute Gasteiger partial charge is 0.226 e. The fourth-order valence-electron chi connectivity index (χ4n) is 2.47. The summed E-state index contributed by atoms with van der Waals surface area (Å²) in [5.41, 5.74) is 0.975. The van der Waals surface area contributed by atoms with Crippen LogP contribution in [0.15, 0.2) is 23.6 Å². The monoisotopic (exact) mass is 338 g/mol. The first-order chi connectivity index (χ1) is 11.1. The second kappa shape index (κ2) is 7.14. The predicted molar refractivity (Wildman–Crippen MR) is 84.3 cm³/mol. The Labute approximate surface area is 136 Å². The van der Waals surface area contributed by atoms with E-state index < -0.39 is 11.6 Å². The SMILES string of the molecule is O=C(CCC1CCCO1)Nc1nc(-c2ccc(F)c(F)c2)cs1. The van der Waals surface area contributed by atoms with E-state index in [0.29, 0.717) is 29.2 Å². The molecule has 1 saturated heterocycles. The Morgan fingerprint density at radius 2 is 2.26 bits per heavy atom. The van der Waals surface area contributed by atoms with Crippen molar-refractivity contribution in [3.63, 3.8) is 0 Å². The number of halogens is 2. The second-order valence-electron chi connectivity index (χ2n) is 5.39. The minimum Gasteiger partial charge on any atom is -0.378 e. The summed E-state index contributed by atoms with van der Waals surface area (Å²) in [5, 5.41) is 4.87. The first kappa shape index (κ1) is 16.0. The molecule has 3 rings (SSSR count). The molecule has 0 aliphatic carbocycles. The third kappa shape index (κ3) is 4.11. The lowest BCUT2D eigenvalue weighted by Crippen LogP contribution is -2.15. The molecule has 1 N–H and O–H groups in total. The number of benzene rings is 1. The molecule has 1 atom stereocenters. The van der Waals surface area contributed by atoms with Crippen LogP contribution in [0.5, 0.6) is 0 Å². The van der Waals surface area contributed by atoms with E-state index >= 15 is 0 Å². The number of nitrogens with one attached hydrogen (secondary N) is 1. The average molecular weight is 338 g/mol. The fraction of sp³-hybridized carbons (Fsp3) is 0.375. The van der Waals surface area contributed by atoms with Crippen LogP contribution in [0.3, 0.4) is 0 Å². The van der Waals surface area contributed by atoms with E-state index in [1.54, 1.807) is 5.38 Å². The number of thiazole rings is 1. The Kier molecular flexibility index (Phi) is 4.97. The van der Waals surface area contributed by atoms with E-state index in [1.807, 2.05) is 0 Å². The van der Waals surface area contributed by atoms with Crippen molar-refractivity contribution in [2.45, 2.75) is 31.8 Å². The number of nitrogens with zero attached hydrogens (tertiary/aromatic N) is 1. The Balaban J connectivity index is 1.58. The number of ether oxygens (including phenoxy) is 1. The number of amides is 1. The lowest BCUT2D eigenvalue weighted by molar-refractivity contribution is -0.116. The van der Waals surface area contributed by atoms with Crippen molar-refractivity contribution in [1.29, 1.82) is 0 Å². The number of rotatable bonds is 5. The molecule has 1 fully saturated rings. The van der Waals surface area contributed by atoms with Gasteiger partial charge in [0.05, 0.1) is 11.8 Å². The van der Waals surface area contributed by atoms with Crippen LogP contribution in [-0.4, -0.2) is 23.6 Å². The van der Waals surface area contributed by atoms with Crippen molar-refractivity contribution in [3.05, 3.63) is 35.2 Å². The maximum Gasteiger partial charge on any atom is 0.226 e. The predicted octanol–water partition coefficient (Wildman–Crippen LogP) is 3.99. The summed E-state index contributed by atoms with van der Waals surface area (Å²) in [6.45, 7) is 0.774. The third-order valence-electron chi connectivity index (χ3n) is 3.68. The van der Waals surface area contributed by atoms with E-state index in [-0.39, 0.29) is 12.0 Å². The highest BCUT2D eigenvalue weighted by atomic mass is 32.1. The van der Waals surface area contributed by atoms with Gasteiger partial charge in [-0.15, -0.1) is 11.3 Å². The zero-order chi connectivity index (χ0) is 16.2. The normalized spacial score (nSPS) is 17.4. The quantitative estimate of drug-likeness (QED) is 0.897. The molecule has 0 saturated carbocycles. The zero-order valence-corrected chi connectivity index (χ0v) is 13.2. The summed E-state index contributed by atoms with van der Waals surface area (Å²) < 4.78 is 31.7. The summed E-state index contributed by atoms with van der Waals surface area (Å²) in [6, 6.07) is 3.60. The second-order valence-corrected chi connectivity index (χ2v) is 6.25. The number of carbonyl (C=O) groups excluding carboxylic acids is 1. The van der Waals surface area contributed by atoms with Crippen LogP contribution in [0.2, 0.25) is 0 Å². The van der Waals surface area contributed by atoms with Gasteiger partial charge in [0, 0.05) is 24.0 Å². The van der Waals surface area contributed by atoms with E-state index in [2.05, 4.69) is 10.3 Å². The Morgan fingerprint density at radius 3 is 3.00 bits per heavy atom. The van der Waals surface area contributed by atoms with Gasteiger partial charge in [-0.1, -0.05) is 0 Å². The van der Waals surface area contributed by atoms with Crippen LogP contribution >= 0.6 is 11.3 Å². The van der Waals surface area contributed by atoms with Gasteiger partial charge >= 0.3 is 0 Å². The summed E-state index contributed by atoms with van der Waals surface area (Å²) in [7, 11) is 0. The molecule has 122 valence electrons. The minimum absolute atomic E-state index is 0.119. The van der Waals surface area contributed by atoms with E-state index in [1.165, 1.54) is 17.4 Å². The minimum atomic E-state index is -0.919. The van der Waals surface area contributed by atoms with Gasteiger partial charge in [-0.2, -0.15) is 0 Å². The summed E-state index contributed by atoms with van der Waals surface area (Å²) in [6.07, 6.45) is 3.31. The molecule has 2 heterocycles. The average Bonchev–Trinajstić information content (AvgIpc) is 3.19. The lowest BCUT2D eigenvalue weighted by atomic mass is 10.1. The van der Waals surface area contributed by atoms with Gasteiger partial charge in [0.15, 0.2) is 16.8 Å². The van der Waals surface area contributed by atoms with Crippen LogP contribution in [0.25, 0.3) is 11.3 Å². The largest absolute Gasteiger partial charge is 0.378 e. The molecule has 23 heavy (non-hydrogen) atoms. The molecule has 0 spiro atoms. The number of hydrogen-bond acceptors (Lipinski definition) is 4. The maximum atomic E-state index is 13.2. The van der Waals surface area contributed by atoms with Crippen molar-refractivity contribution < 1.29 is 18.3 Å². The van der Waals surface area contributed by atoms with E-state index in [4.69, 9.17) is 4.74 Å². The molecule has 2 aromatic rings. The van der Waals surface area contributed by atoms with Gasteiger partial charge in [-0.25, -0.2) is 13.8 Å². The van der Waals surface area contributed by atoms with Crippen LogP contribution in [0, 0.1) is 11.6 Å². The molecule has 4 nitrogen and oxygen atoms in total. The molecular weight excluding hydrogens is 322 g/mol. The van der Waals surface area contributed by atoms with E-state index in [9.17, 15) is 13.6 Å².